The standard InChI is InChI=1S/C13H22N4O3/c1-3-5-14-12-9-11(17(19)20)10-13(15-12)16(6-4-2)7-8-18/h9-10,18H,3-8H2,1-2H3,(H,14,15). The summed E-state index contributed by atoms with van der Waals surface area (Å²) < 4.78 is 0. The fraction of sp³-hybridized carbons (Fsp3) is 0.615. The van der Waals surface area contributed by atoms with E-state index in [4.69, 9.17) is 5.11 Å². The van der Waals surface area contributed by atoms with Gasteiger partial charge in [0.1, 0.15) is 11.6 Å². The molecule has 2 N–H and O–H groups in total. The predicted octanol–water partition coefficient (Wildman–Crippen LogP) is 2.02. The first kappa shape index (κ1) is 16.2. The van der Waals surface area contributed by atoms with Gasteiger partial charge < -0.3 is 15.3 Å². The molecule has 0 unspecified atom stereocenters. The molecule has 0 aliphatic rings. The van der Waals surface area contributed by atoms with Gasteiger partial charge in [-0.3, -0.25) is 10.1 Å². The Balaban J connectivity index is 3.07. The topological polar surface area (TPSA) is 91.5 Å². The molecule has 0 fully saturated rings. The van der Waals surface area contributed by atoms with Crippen molar-refractivity contribution in [2.45, 2.75) is 26.7 Å². The minimum Gasteiger partial charge on any atom is -0.395 e. The molecule has 0 spiro atoms. The van der Waals surface area contributed by atoms with Gasteiger partial charge in [0.05, 0.1) is 23.7 Å². The van der Waals surface area contributed by atoms with E-state index in [2.05, 4.69) is 10.3 Å². The van der Waals surface area contributed by atoms with Crippen LogP contribution < -0.4 is 10.2 Å². The molecule has 1 aromatic heterocycles. The number of aromatic nitrogens is 1. The number of hydrogen-bond donors (Lipinski definition) is 2. The molecule has 20 heavy (non-hydrogen) atoms. The Morgan fingerprint density at radius 3 is 2.65 bits per heavy atom. The largest absolute Gasteiger partial charge is 0.395 e. The fourth-order valence-electron chi connectivity index (χ4n) is 1.84. The summed E-state index contributed by atoms with van der Waals surface area (Å²) in [6.45, 7) is 5.83. The molecule has 112 valence electrons. The zero-order valence-electron chi connectivity index (χ0n) is 12.0. The molecular weight excluding hydrogens is 260 g/mol. The number of anilines is 2. The van der Waals surface area contributed by atoms with Crippen molar-refractivity contribution in [1.82, 2.24) is 4.98 Å². The normalized spacial score (nSPS) is 10.3. The van der Waals surface area contributed by atoms with Crippen molar-refractivity contribution in [1.29, 1.82) is 0 Å². The average molecular weight is 282 g/mol. The van der Waals surface area contributed by atoms with Crippen molar-refractivity contribution in [2.24, 2.45) is 0 Å². The molecule has 7 heteroatoms. The second kappa shape index (κ2) is 8.31. The van der Waals surface area contributed by atoms with E-state index in [1.165, 1.54) is 12.1 Å². The molecule has 0 amide bonds. The molecule has 0 aliphatic carbocycles. The van der Waals surface area contributed by atoms with Gasteiger partial charge in [0.2, 0.25) is 0 Å². The van der Waals surface area contributed by atoms with Crippen LogP contribution in [0, 0.1) is 10.1 Å². The van der Waals surface area contributed by atoms with Gasteiger partial charge in [-0.25, -0.2) is 4.98 Å². The maximum Gasteiger partial charge on any atom is 0.276 e. The molecule has 1 heterocycles. The quantitative estimate of drug-likeness (QED) is 0.532. The monoisotopic (exact) mass is 282 g/mol. The van der Waals surface area contributed by atoms with Crippen molar-refractivity contribution in [3.8, 4) is 0 Å². The van der Waals surface area contributed by atoms with Crippen LogP contribution in [0.5, 0.6) is 0 Å². The molecule has 7 nitrogen and oxygen atoms in total. The van der Waals surface area contributed by atoms with Gasteiger partial charge >= 0.3 is 0 Å². The second-order valence-corrected chi connectivity index (χ2v) is 4.46. The third-order valence-electron chi connectivity index (χ3n) is 2.75. The molecular formula is C13H22N4O3. The van der Waals surface area contributed by atoms with Crippen molar-refractivity contribution in [2.75, 3.05) is 36.5 Å². The summed E-state index contributed by atoms with van der Waals surface area (Å²) in [5, 5.41) is 23.2. The van der Waals surface area contributed by atoms with Crippen LogP contribution in [-0.2, 0) is 0 Å². The first-order chi connectivity index (χ1) is 9.62. The Morgan fingerprint density at radius 1 is 1.35 bits per heavy atom. The fourth-order valence-corrected chi connectivity index (χ4v) is 1.84. The SMILES string of the molecule is CCCNc1cc([N+](=O)[O-])cc(N(CCC)CCO)n1. The van der Waals surface area contributed by atoms with Crippen molar-refractivity contribution in [3.05, 3.63) is 22.2 Å². The first-order valence-corrected chi connectivity index (χ1v) is 6.88. The van der Waals surface area contributed by atoms with Gasteiger partial charge in [-0.05, 0) is 12.8 Å². The Hall–Kier alpha value is -1.89. The summed E-state index contributed by atoms with van der Waals surface area (Å²) in [4.78, 5) is 16.8. The number of pyridine rings is 1. The lowest BCUT2D eigenvalue weighted by Gasteiger charge is -2.22. The number of nitrogens with zero attached hydrogens (tertiary/aromatic N) is 3. The molecule has 0 atom stereocenters. The van der Waals surface area contributed by atoms with Crippen LogP contribution in [0.1, 0.15) is 26.7 Å². The highest BCUT2D eigenvalue weighted by molar-refractivity contribution is 5.56. The number of hydrogen-bond acceptors (Lipinski definition) is 6. The molecule has 0 bridgehead atoms. The van der Waals surface area contributed by atoms with Crippen LogP contribution in [0.2, 0.25) is 0 Å². The molecule has 0 saturated carbocycles. The highest BCUT2D eigenvalue weighted by Gasteiger charge is 2.15. The van der Waals surface area contributed by atoms with Crippen LogP contribution in [-0.4, -0.2) is 41.3 Å². The van der Waals surface area contributed by atoms with E-state index in [9.17, 15) is 10.1 Å². The van der Waals surface area contributed by atoms with Crippen LogP contribution >= 0.6 is 0 Å². The van der Waals surface area contributed by atoms with E-state index in [1.807, 2.05) is 18.7 Å². The number of nitrogens with one attached hydrogen (secondary N) is 1. The number of rotatable bonds is 9. The van der Waals surface area contributed by atoms with Gasteiger partial charge in [0, 0.05) is 19.6 Å². The van der Waals surface area contributed by atoms with Crippen LogP contribution in [0.15, 0.2) is 12.1 Å². The highest BCUT2D eigenvalue weighted by Crippen LogP contribution is 2.23. The number of nitro groups is 1. The second-order valence-electron chi connectivity index (χ2n) is 4.46. The molecule has 0 radical (unpaired) electrons. The minimum atomic E-state index is -0.425. The Morgan fingerprint density at radius 2 is 2.10 bits per heavy atom. The van der Waals surface area contributed by atoms with Crippen molar-refractivity contribution >= 4 is 17.3 Å². The third-order valence-corrected chi connectivity index (χ3v) is 2.75. The summed E-state index contributed by atoms with van der Waals surface area (Å²) in [6, 6.07) is 2.88. The maximum atomic E-state index is 11.0. The van der Waals surface area contributed by atoms with E-state index < -0.39 is 4.92 Å². The zero-order chi connectivity index (χ0) is 15.0. The van der Waals surface area contributed by atoms with E-state index in [0.29, 0.717) is 31.3 Å². The van der Waals surface area contributed by atoms with Gasteiger partial charge in [-0.1, -0.05) is 13.8 Å². The summed E-state index contributed by atoms with van der Waals surface area (Å²) in [7, 11) is 0. The van der Waals surface area contributed by atoms with Crippen LogP contribution in [0.3, 0.4) is 0 Å². The van der Waals surface area contributed by atoms with Crippen molar-refractivity contribution in [3.63, 3.8) is 0 Å². The van der Waals surface area contributed by atoms with Gasteiger partial charge in [0.25, 0.3) is 5.69 Å². The van der Waals surface area contributed by atoms with Gasteiger partial charge in [-0.15, -0.1) is 0 Å². The summed E-state index contributed by atoms with van der Waals surface area (Å²) in [5.41, 5.74) is 0.00708. The van der Waals surface area contributed by atoms with E-state index in [1.54, 1.807) is 0 Å². The zero-order valence-corrected chi connectivity index (χ0v) is 12.0. The summed E-state index contributed by atoms with van der Waals surface area (Å²) in [5.74, 6) is 1.02. The minimum absolute atomic E-state index is 0.00708. The number of aliphatic hydroxyl groups excluding tert-OH is 1. The van der Waals surface area contributed by atoms with E-state index >= 15 is 0 Å². The van der Waals surface area contributed by atoms with E-state index in [0.717, 1.165) is 12.8 Å². The number of aliphatic hydroxyl groups is 1. The average Bonchev–Trinajstić information content (AvgIpc) is 2.44. The van der Waals surface area contributed by atoms with Crippen molar-refractivity contribution < 1.29 is 10.0 Å². The Kier molecular flexibility index (Phi) is 6.72. The smallest absolute Gasteiger partial charge is 0.276 e. The molecule has 0 aliphatic heterocycles. The lowest BCUT2D eigenvalue weighted by molar-refractivity contribution is -0.384. The predicted molar refractivity (Wildman–Crippen MR) is 79.3 cm³/mol. The first-order valence-electron chi connectivity index (χ1n) is 6.88. The highest BCUT2D eigenvalue weighted by atomic mass is 16.6. The summed E-state index contributed by atoms with van der Waals surface area (Å²) >= 11 is 0. The molecule has 1 rings (SSSR count). The molecule has 0 saturated heterocycles. The molecule has 0 aromatic carbocycles. The van der Waals surface area contributed by atoms with Crippen LogP contribution in [0.4, 0.5) is 17.3 Å². The van der Waals surface area contributed by atoms with Gasteiger partial charge in [-0.2, -0.15) is 0 Å². The summed E-state index contributed by atoms with van der Waals surface area (Å²) in [6.07, 6.45) is 1.79. The maximum absolute atomic E-state index is 11.0. The lowest BCUT2D eigenvalue weighted by Crippen LogP contribution is -2.28. The van der Waals surface area contributed by atoms with Crippen LogP contribution in [0.25, 0.3) is 0 Å². The van der Waals surface area contributed by atoms with Gasteiger partial charge in [0.15, 0.2) is 0 Å². The third kappa shape index (κ3) is 4.65. The van der Waals surface area contributed by atoms with E-state index in [-0.39, 0.29) is 12.3 Å². The Labute approximate surface area is 118 Å². The molecule has 1 aromatic rings. The Bertz CT molecular complexity index is 434. The lowest BCUT2D eigenvalue weighted by atomic mass is 10.3.